The first-order valence-electron chi connectivity index (χ1n) is 32.9. The summed E-state index contributed by atoms with van der Waals surface area (Å²) in [5.74, 6) is 1.38. The van der Waals surface area contributed by atoms with E-state index in [-0.39, 0.29) is 52.9 Å². The van der Waals surface area contributed by atoms with Gasteiger partial charge in [-0.1, -0.05) is 74.5 Å². The molecule has 27 nitrogen and oxygen atoms in total. The number of carbonyl (C=O) groups is 3. The highest BCUT2D eigenvalue weighted by atomic mass is 32.1. The lowest BCUT2D eigenvalue weighted by atomic mass is 10.1. The summed E-state index contributed by atoms with van der Waals surface area (Å²) in [4.78, 5) is 107. The number of aromatic nitrogens is 14. The molecule has 0 radical (unpaired) electrons. The standard InChI is InChI=1S/C35H37N9O4S.C28H30N8O2.C7H7NO3S/c1-3-24(41-31-30-33(38-20-37-31)43(21-39-30)28-15-8-9-16-48-28)32-42-25-14-10-11-22(29(25)34(45)44(32)23-12-6-5-7-13-23)17-36-18-27-40-26(19-49-27)35(46)47-4-2;1-2-20(33-25-24-27(31-16-30-25)35(17-32-24)22-13-6-7-14-38-22)26-34-21-12-8-9-18(15-29)23(21)28(37)36(26)19-10-4-3-5-11-19;1-2-11-7(10)5-4-12-6(3-9)8-5/h5-7,10-14,19-21,24,28,36H,3-4,8-9,15-18H2,1-2H3,(H,37,38,41);3-5,8-12,16-17,20,22H,2,6-7,13-15,29H2,1H3,(H,30,31,33);3-4H,2H2,1H3/t24-,28?;20-,22?;/m00./s1. The van der Waals surface area contributed by atoms with E-state index in [0.717, 1.165) is 78.3 Å². The zero-order valence-corrected chi connectivity index (χ0v) is 56.7. The summed E-state index contributed by atoms with van der Waals surface area (Å²) < 4.78 is 29.0. The van der Waals surface area contributed by atoms with Crippen LogP contribution in [0.3, 0.4) is 0 Å². The molecule has 5 N–H and O–H groups in total. The van der Waals surface area contributed by atoms with Crippen molar-refractivity contribution in [3.8, 4) is 11.4 Å². The molecular formula is C70H74N18O9S2. The van der Waals surface area contributed by atoms with Gasteiger partial charge in [0.15, 0.2) is 56.6 Å². The van der Waals surface area contributed by atoms with E-state index in [1.165, 1.54) is 29.4 Å². The Kier molecular flexibility index (Phi) is 22.3. The maximum Gasteiger partial charge on any atom is 0.357 e. The second kappa shape index (κ2) is 32.3. The van der Waals surface area contributed by atoms with Crippen LogP contribution in [0.2, 0.25) is 0 Å². The third-order valence-electron chi connectivity index (χ3n) is 16.7. The van der Waals surface area contributed by atoms with Crippen molar-refractivity contribution in [2.24, 2.45) is 5.73 Å². The van der Waals surface area contributed by atoms with Crippen LogP contribution in [-0.4, -0.2) is 113 Å². The van der Waals surface area contributed by atoms with Crippen molar-refractivity contribution in [3.05, 3.63) is 198 Å². The monoisotopic (exact) mass is 1370 g/mol. The van der Waals surface area contributed by atoms with Crippen LogP contribution in [0.4, 0.5) is 11.6 Å². The van der Waals surface area contributed by atoms with E-state index in [2.05, 4.69) is 60.6 Å². The largest absolute Gasteiger partial charge is 0.461 e. The van der Waals surface area contributed by atoms with Crippen LogP contribution in [0, 0.1) is 0 Å². The van der Waals surface area contributed by atoms with Crippen molar-refractivity contribution in [2.75, 3.05) is 37.1 Å². The van der Waals surface area contributed by atoms with E-state index in [0.29, 0.717) is 131 Å². The van der Waals surface area contributed by atoms with Crippen molar-refractivity contribution in [1.82, 2.24) is 73.4 Å². The number of nitrogens with zero attached hydrogens (tertiary/aromatic N) is 14. The van der Waals surface area contributed by atoms with Crippen molar-refractivity contribution in [3.63, 3.8) is 0 Å². The highest BCUT2D eigenvalue weighted by Crippen LogP contribution is 2.33. The summed E-state index contributed by atoms with van der Waals surface area (Å²) in [7, 11) is 0. The number of ether oxygens (including phenoxy) is 4. The lowest BCUT2D eigenvalue weighted by Crippen LogP contribution is -2.29. The van der Waals surface area contributed by atoms with Gasteiger partial charge >= 0.3 is 11.9 Å². The van der Waals surface area contributed by atoms with Crippen LogP contribution >= 0.6 is 22.7 Å². The summed E-state index contributed by atoms with van der Waals surface area (Å²) >= 11 is 2.51. The molecule has 4 aromatic carbocycles. The second-order valence-electron chi connectivity index (χ2n) is 23.0. The molecule has 2 saturated heterocycles. The van der Waals surface area contributed by atoms with Crippen LogP contribution in [0.1, 0.15) is 162 Å². The lowest BCUT2D eigenvalue weighted by Gasteiger charge is -2.24. The number of anilines is 2. The predicted octanol–water partition coefficient (Wildman–Crippen LogP) is 11.1. The number of carbonyl (C=O) groups excluding carboxylic acids is 3. The van der Waals surface area contributed by atoms with E-state index in [4.69, 9.17) is 29.9 Å². The topological polar surface area (TPSA) is 333 Å². The Balaban J connectivity index is 0.000000164. The molecule has 2 aliphatic rings. The predicted molar refractivity (Wildman–Crippen MR) is 376 cm³/mol. The summed E-state index contributed by atoms with van der Waals surface area (Å²) in [6.45, 7) is 10.7. The van der Waals surface area contributed by atoms with Crippen molar-refractivity contribution < 1.29 is 33.3 Å². The minimum atomic E-state index is -0.484. The Hall–Kier alpha value is -10.4. The minimum Gasteiger partial charge on any atom is -0.461 e. The number of imidazole rings is 2. The lowest BCUT2D eigenvalue weighted by molar-refractivity contribution is -0.0299. The minimum absolute atomic E-state index is 0.0828. The van der Waals surface area contributed by atoms with Crippen LogP contribution in [0.15, 0.2) is 143 Å². The van der Waals surface area contributed by atoms with Crippen molar-refractivity contribution >= 4 is 96.7 Å². The van der Waals surface area contributed by atoms with E-state index in [9.17, 15) is 24.0 Å². The van der Waals surface area contributed by atoms with Gasteiger partial charge in [0.1, 0.15) is 41.8 Å². The highest BCUT2D eigenvalue weighted by molar-refractivity contribution is 7.11. The van der Waals surface area contributed by atoms with E-state index >= 15 is 0 Å². The third-order valence-corrected chi connectivity index (χ3v) is 18.3. The number of para-hydroxylation sites is 2. The fraction of sp³-hybridized carbons (Fsp3) is 0.329. The molecule has 4 atom stereocenters. The summed E-state index contributed by atoms with van der Waals surface area (Å²) in [6, 6.07) is 29.7. The molecule has 99 heavy (non-hydrogen) atoms. The maximum absolute atomic E-state index is 14.6. The third kappa shape index (κ3) is 15.2. The molecule has 0 saturated carbocycles. The van der Waals surface area contributed by atoms with E-state index in [1.54, 1.807) is 41.0 Å². The number of nitrogens with two attached hydrogens (primary N) is 1. The SMILES string of the molecule is CCOC(=O)c1csc(C=O)n1.CCOC(=O)c1csc(CNCc2cccc3nc([C@H](CC)Nc4ncnc5c4ncn5C4CCCCO4)n(-c4ccccc4)c(=O)c23)n1.CC[C@H](Nc1ncnc2c1ncn2C1CCCCO1)c1nc2cccc(CN)c2c(=O)n1-c1ccccc1. The second-order valence-corrected chi connectivity index (χ2v) is 24.9. The molecule has 0 bridgehead atoms. The zero-order valence-electron chi connectivity index (χ0n) is 55.0. The summed E-state index contributed by atoms with van der Waals surface area (Å²) in [5.41, 5.74) is 13.1. The number of hydrogen-bond acceptors (Lipinski definition) is 25. The van der Waals surface area contributed by atoms with Gasteiger partial charge in [-0.25, -0.2) is 59.4 Å². The van der Waals surface area contributed by atoms with E-state index < -0.39 is 11.9 Å². The molecule has 0 aliphatic carbocycles. The molecule has 0 spiro atoms. The van der Waals surface area contributed by atoms with Gasteiger partial charge in [-0.2, -0.15) is 0 Å². The fourth-order valence-corrected chi connectivity index (χ4v) is 13.3. The summed E-state index contributed by atoms with van der Waals surface area (Å²) in [6.07, 6.45) is 14.4. The Morgan fingerprint density at radius 3 is 1.56 bits per heavy atom. The number of fused-ring (bicyclic) bond motifs is 4. The fourth-order valence-electron chi connectivity index (χ4n) is 12.0. The van der Waals surface area contributed by atoms with Gasteiger partial charge in [-0.15, -0.1) is 22.7 Å². The van der Waals surface area contributed by atoms with Crippen molar-refractivity contribution in [1.29, 1.82) is 0 Å². The molecule has 8 aromatic heterocycles. The van der Waals surface area contributed by atoms with Crippen LogP contribution < -0.4 is 32.8 Å². The number of benzene rings is 4. The number of aldehydes is 1. The molecular weight excluding hydrogens is 1300 g/mol. The van der Waals surface area contributed by atoms with Crippen LogP contribution in [0.5, 0.6) is 0 Å². The van der Waals surface area contributed by atoms with Crippen molar-refractivity contribution in [2.45, 2.75) is 123 Å². The van der Waals surface area contributed by atoms with Gasteiger partial charge in [-0.05, 0) is 113 Å². The molecule has 2 aliphatic heterocycles. The Labute approximate surface area is 575 Å². The first-order valence-corrected chi connectivity index (χ1v) is 34.7. The Morgan fingerprint density at radius 2 is 1.09 bits per heavy atom. The first kappa shape index (κ1) is 68.5. The average molecular weight is 1380 g/mol. The Morgan fingerprint density at radius 1 is 0.596 bits per heavy atom. The van der Waals surface area contributed by atoms with Gasteiger partial charge < -0.3 is 40.6 Å². The quantitative estimate of drug-likeness (QED) is 0.0362. The molecule has 29 heteroatoms. The number of rotatable bonds is 22. The van der Waals surface area contributed by atoms with Gasteiger partial charge in [0, 0.05) is 43.6 Å². The van der Waals surface area contributed by atoms with Gasteiger partial charge in [-0.3, -0.25) is 32.7 Å². The number of nitrogens with one attached hydrogen (secondary N) is 3. The molecule has 510 valence electrons. The molecule has 0 amide bonds. The maximum atomic E-state index is 14.6. The number of thiazole rings is 2. The zero-order chi connectivity index (χ0) is 68.8. The van der Waals surface area contributed by atoms with Crippen LogP contribution in [-0.2, 0) is 38.6 Å². The van der Waals surface area contributed by atoms with Gasteiger partial charge in [0.05, 0.1) is 71.1 Å². The molecule has 2 unspecified atom stereocenters. The Bertz CT molecular complexity index is 4910. The molecule has 2 fully saturated rings. The molecule has 14 rings (SSSR count). The normalized spacial score (nSPS) is 15.2. The number of esters is 2. The number of hydrogen-bond donors (Lipinski definition) is 4. The average Bonchev–Trinajstić information content (AvgIpc) is 1.54. The smallest absolute Gasteiger partial charge is 0.357 e. The van der Waals surface area contributed by atoms with Gasteiger partial charge in [0.25, 0.3) is 11.1 Å². The van der Waals surface area contributed by atoms with Crippen LogP contribution in [0.25, 0.3) is 55.5 Å². The van der Waals surface area contributed by atoms with E-state index in [1.807, 2.05) is 120 Å². The van der Waals surface area contributed by atoms with Gasteiger partial charge in [0.2, 0.25) is 0 Å². The molecule has 10 heterocycles. The molecule has 12 aromatic rings. The first-order chi connectivity index (χ1) is 48.5. The summed E-state index contributed by atoms with van der Waals surface area (Å²) in [5, 5.41) is 15.7. The highest BCUT2D eigenvalue weighted by Gasteiger charge is 2.28.